The molecule has 0 saturated heterocycles. The number of nitrogens with zero attached hydrogens (tertiary/aromatic N) is 1. The van der Waals surface area contributed by atoms with Crippen molar-refractivity contribution >= 4 is 43.5 Å². The summed E-state index contributed by atoms with van der Waals surface area (Å²) in [6.45, 7) is 2.25. The Morgan fingerprint density at radius 2 is 2.00 bits per heavy atom. The van der Waals surface area contributed by atoms with Crippen molar-refractivity contribution in [3.8, 4) is 5.75 Å². The second kappa shape index (κ2) is 8.78. The van der Waals surface area contributed by atoms with Crippen molar-refractivity contribution < 1.29 is 13.9 Å². The van der Waals surface area contributed by atoms with Gasteiger partial charge >= 0.3 is 0 Å². The smallest absolute Gasteiger partial charge is 0.241 e. The lowest BCUT2D eigenvalue weighted by molar-refractivity contribution is -0.120. The molecule has 2 rings (SSSR count). The molecule has 1 amide bonds. The highest BCUT2D eigenvalue weighted by Gasteiger charge is 2.19. The van der Waals surface area contributed by atoms with Gasteiger partial charge in [-0.05, 0) is 65.8 Å². The molecule has 0 heterocycles. The van der Waals surface area contributed by atoms with Gasteiger partial charge in [0.05, 0.1) is 18.8 Å². The van der Waals surface area contributed by atoms with Crippen LogP contribution in [-0.4, -0.2) is 31.0 Å². The number of methoxy groups -OCH3 is 1. The van der Waals surface area contributed by atoms with E-state index in [2.05, 4.69) is 37.2 Å². The van der Waals surface area contributed by atoms with Crippen molar-refractivity contribution in [2.45, 2.75) is 19.5 Å². The van der Waals surface area contributed by atoms with E-state index in [1.54, 1.807) is 12.1 Å². The molecular weight excluding hydrogens is 455 g/mol. The summed E-state index contributed by atoms with van der Waals surface area (Å²) in [5, 5.41) is 2.89. The zero-order valence-corrected chi connectivity index (χ0v) is 17.3. The Hall–Kier alpha value is -1.44. The molecule has 0 aromatic heterocycles. The molecule has 1 atom stereocenters. The maximum atomic E-state index is 13.8. The molecule has 0 fully saturated rings. The first-order valence-corrected chi connectivity index (χ1v) is 9.19. The molecule has 2 aromatic rings. The monoisotopic (exact) mass is 472 g/mol. The Morgan fingerprint density at radius 3 is 2.60 bits per heavy atom. The number of likely N-dealkylation sites (N-methyl/N-ethyl adjacent to an activating group) is 1. The van der Waals surface area contributed by atoms with Gasteiger partial charge in [-0.25, -0.2) is 4.39 Å². The van der Waals surface area contributed by atoms with E-state index in [9.17, 15) is 9.18 Å². The van der Waals surface area contributed by atoms with Crippen LogP contribution in [-0.2, 0) is 11.3 Å². The van der Waals surface area contributed by atoms with E-state index in [0.717, 1.165) is 14.5 Å². The number of carbonyl (C=O) groups excluding carboxylic acids is 1. The molecule has 2 aromatic carbocycles. The summed E-state index contributed by atoms with van der Waals surface area (Å²) >= 11 is 6.80. The van der Waals surface area contributed by atoms with Crippen LogP contribution in [0.3, 0.4) is 0 Å². The first-order chi connectivity index (χ1) is 11.8. The van der Waals surface area contributed by atoms with Crippen LogP contribution in [0.1, 0.15) is 12.5 Å². The number of carbonyl (C=O) groups is 1. The molecule has 134 valence electrons. The van der Waals surface area contributed by atoms with E-state index in [-0.39, 0.29) is 17.7 Å². The summed E-state index contributed by atoms with van der Waals surface area (Å²) in [4.78, 5) is 14.3. The van der Waals surface area contributed by atoms with Gasteiger partial charge in [0, 0.05) is 15.5 Å². The lowest BCUT2D eigenvalue weighted by Crippen LogP contribution is -2.39. The van der Waals surface area contributed by atoms with Gasteiger partial charge in [-0.2, -0.15) is 0 Å². The van der Waals surface area contributed by atoms with Crippen molar-refractivity contribution in [1.82, 2.24) is 4.90 Å². The van der Waals surface area contributed by atoms with Gasteiger partial charge in [0.2, 0.25) is 5.91 Å². The molecule has 4 nitrogen and oxygen atoms in total. The fraction of sp³-hybridized carbons (Fsp3) is 0.278. The number of halogens is 3. The van der Waals surface area contributed by atoms with E-state index in [0.29, 0.717) is 12.2 Å². The number of rotatable bonds is 6. The Balaban J connectivity index is 2.02. The average Bonchev–Trinajstić information content (AvgIpc) is 2.56. The fourth-order valence-electron chi connectivity index (χ4n) is 2.26. The van der Waals surface area contributed by atoms with Gasteiger partial charge in [-0.15, -0.1) is 0 Å². The van der Waals surface area contributed by atoms with Crippen LogP contribution < -0.4 is 10.1 Å². The van der Waals surface area contributed by atoms with Gasteiger partial charge in [-0.3, -0.25) is 9.69 Å². The number of amides is 1. The van der Waals surface area contributed by atoms with Crippen LogP contribution in [0.5, 0.6) is 5.75 Å². The van der Waals surface area contributed by atoms with Crippen molar-refractivity contribution in [1.29, 1.82) is 0 Å². The van der Waals surface area contributed by atoms with Crippen molar-refractivity contribution in [3.05, 3.63) is 56.7 Å². The standard InChI is InChI=1S/C18H19Br2FN2O2/c1-11(18(24)22-16-6-5-13(19)9-14(16)20)23(2)10-12-4-7-17(25-3)15(21)8-12/h4-9,11H,10H2,1-3H3,(H,22,24). The van der Waals surface area contributed by atoms with Crippen LogP contribution in [0.25, 0.3) is 0 Å². The lowest BCUT2D eigenvalue weighted by Gasteiger charge is -2.24. The summed E-state index contributed by atoms with van der Waals surface area (Å²) < 4.78 is 20.4. The molecule has 0 bridgehead atoms. The minimum Gasteiger partial charge on any atom is -0.494 e. The summed E-state index contributed by atoms with van der Waals surface area (Å²) in [6.07, 6.45) is 0. The van der Waals surface area contributed by atoms with Crippen LogP contribution in [0.4, 0.5) is 10.1 Å². The van der Waals surface area contributed by atoms with E-state index >= 15 is 0 Å². The summed E-state index contributed by atoms with van der Waals surface area (Å²) in [5.41, 5.74) is 1.47. The highest BCUT2D eigenvalue weighted by Crippen LogP contribution is 2.26. The molecule has 0 saturated carbocycles. The van der Waals surface area contributed by atoms with E-state index in [1.807, 2.05) is 37.1 Å². The van der Waals surface area contributed by atoms with Gasteiger partial charge in [0.1, 0.15) is 0 Å². The van der Waals surface area contributed by atoms with E-state index in [1.165, 1.54) is 13.2 Å². The number of ether oxygens (including phenoxy) is 1. The molecule has 0 aliphatic rings. The zero-order valence-electron chi connectivity index (χ0n) is 14.1. The Morgan fingerprint density at radius 1 is 1.28 bits per heavy atom. The molecule has 1 unspecified atom stereocenters. The Labute approximate surface area is 163 Å². The summed E-state index contributed by atoms with van der Waals surface area (Å²) in [5.74, 6) is -0.346. The predicted molar refractivity (Wildman–Crippen MR) is 104 cm³/mol. The second-order valence-corrected chi connectivity index (χ2v) is 7.44. The molecule has 7 heteroatoms. The van der Waals surface area contributed by atoms with Crippen molar-refractivity contribution in [2.75, 3.05) is 19.5 Å². The lowest BCUT2D eigenvalue weighted by atomic mass is 10.1. The minimum atomic E-state index is -0.413. The predicted octanol–water partition coefficient (Wildman–Crippen LogP) is 4.82. The molecule has 0 spiro atoms. The highest BCUT2D eigenvalue weighted by molar-refractivity contribution is 9.11. The Kier molecular flexibility index (Phi) is 6.98. The SMILES string of the molecule is COc1ccc(CN(C)C(C)C(=O)Nc2ccc(Br)cc2Br)cc1F. The van der Waals surface area contributed by atoms with Crippen LogP contribution in [0.15, 0.2) is 45.3 Å². The third kappa shape index (κ3) is 5.26. The highest BCUT2D eigenvalue weighted by atomic mass is 79.9. The van der Waals surface area contributed by atoms with Gasteiger partial charge in [0.15, 0.2) is 11.6 Å². The third-order valence-electron chi connectivity index (χ3n) is 3.88. The normalized spacial score (nSPS) is 12.1. The summed E-state index contributed by atoms with van der Waals surface area (Å²) in [7, 11) is 3.25. The minimum absolute atomic E-state index is 0.139. The van der Waals surface area contributed by atoms with E-state index in [4.69, 9.17) is 4.74 Å². The first-order valence-electron chi connectivity index (χ1n) is 7.60. The summed E-state index contributed by atoms with van der Waals surface area (Å²) in [6, 6.07) is 9.94. The second-order valence-electron chi connectivity index (χ2n) is 5.67. The number of nitrogens with one attached hydrogen (secondary N) is 1. The van der Waals surface area contributed by atoms with Crippen LogP contribution in [0, 0.1) is 5.82 Å². The number of hydrogen-bond donors (Lipinski definition) is 1. The molecule has 1 N–H and O–H groups in total. The Bertz CT molecular complexity index is 771. The number of benzene rings is 2. The molecular formula is C18H19Br2FN2O2. The largest absolute Gasteiger partial charge is 0.494 e. The van der Waals surface area contributed by atoms with Gasteiger partial charge in [0.25, 0.3) is 0 Å². The molecule has 0 aliphatic heterocycles. The first kappa shape index (κ1) is 19.9. The maximum absolute atomic E-state index is 13.8. The average molecular weight is 474 g/mol. The third-order valence-corrected chi connectivity index (χ3v) is 5.03. The van der Waals surface area contributed by atoms with Crippen molar-refractivity contribution in [3.63, 3.8) is 0 Å². The maximum Gasteiger partial charge on any atom is 0.241 e. The van der Waals surface area contributed by atoms with Gasteiger partial charge < -0.3 is 10.1 Å². The zero-order chi connectivity index (χ0) is 18.6. The van der Waals surface area contributed by atoms with Crippen LogP contribution >= 0.6 is 31.9 Å². The molecule has 25 heavy (non-hydrogen) atoms. The number of anilines is 1. The fourth-order valence-corrected chi connectivity index (χ4v) is 3.41. The van der Waals surface area contributed by atoms with Crippen molar-refractivity contribution in [2.24, 2.45) is 0 Å². The number of hydrogen-bond acceptors (Lipinski definition) is 3. The quantitative estimate of drug-likeness (QED) is 0.654. The topological polar surface area (TPSA) is 41.6 Å². The molecule has 0 radical (unpaired) electrons. The van der Waals surface area contributed by atoms with Crippen LogP contribution in [0.2, 0.25) is 0 Å². The van der Waals surface area contributed by atoms with E-state index < -0.39 is 5.82 Å². The molecule has 0 aliphatic carbocycles. The van der Waals surface area contributed by atoms with Gasteiger partial charge in [-0.1, -0.05) is 22.0 Å².